The molecule has 0 radical (unpaired) electrons. The number of rotatable bonds is 6. The summed E-state index contributed by atoms with van der Waals surface area (Å²) in [5, 5.41) is 10.0. The van der Waals surface area contributed by atoms with Gasteiger partial charge < -0.3 is 14.6 Å². The lowest BCUT2D eigenvalue weighted by atomic mass is 10.0. The third kappa shape index (κ3) is 4.33. The molecule has 4 nitrogen and oxygen atoms in total. The summed E-state index contributed by atoms with van der Waals surface area (Å²) in [6.07, 6.45) is -1.30. The molecular formula is C19H22O4. The van der Waals surface area contributed by atoms with Crippen LogP contribution in [-0.4, -0.2) is 18.2 Å². The van der Waals surface area contributed by atoms with Crippen LogP contribution in [0.3, 0.4) is 0 Å². The lowest BCUT2D eigenvalue weighted by molar-refractivity contribution is -0.150. The highest BCUT2D eigenvalue weighted by atomic mass is 16.5. The van der Waals surface area contributed by atoms with Crippen molar-refractivity contribution in [1.82, 2.24) is 0 Å². The van der Waals surface area contributed by atoms with E-state index in [1.54, 1.807) is 12.1 Å². The van der Waals surface area contributed by atoms with Crippen LogP contribution in [0.25, 0.3) is 0 Å². The van der Waals surface area contributed by atoms with E-state index in [1.807, 2.05) is 36.4 Å². The van der Waals surface area contributed by atoms with E-state index in [4.69, 9.17) is 4.74 Å². The minimum Gasteiger partial charge on any atom is -0.489 e. The lowest BCUT2D eigenvalue weighted by Gasteiger charge is -2.15. The van der Waals surface area contributed by atoms with Crippen molar-refractivity contribution in [2.45, 2.75) is 32.5 Å². The summed E-state index contributed by atoms with van der Waals surface area (Å²) in [4.78, 5) is 11.5. The smallest absolute Gasteiger partial charge is 0.339 e. The SMILES string of the molecule is COC(=O)C(O)c1ccccc1COc1ccc(C(C)C)cc1. The van der Waals surface area contributed by atoms with Crippen LogP contribution in [0.2, 0.25) is 0 Å². The Morgan fingerprint density at radius 1 is 1.09 bits per heavy atom. The molecule has 0 bridgehead atoms. The average molecular weight is 314 g/mol. The van der Waals surface area contributed by atoms with E-state index < -0.39 is 12.1 Å². The summed E-state index contributed by atoms with van der Waals surface area (Å²) in [5.74, 6) is 0.537. The third-order valence-electron chi connectivity index (χ3n) is 3.72. The molecule has 0 spiro atoms. The molecule has 0 fully saturated rings. The molecule has 2 aromatic rings. The Labute approximate surface area is 136 Å². The van der Waals surface area contributed by atoms with Gasteiger partial charge in [0, 0.05) is 0 Å². The average Bonchev–Trinajstić information content (AvgIpc) is 2.59. The quantitative estimate of drug-likeness (QED) is 0.828. The zero-order chi connectivity index (χ0) is 16.8. The van der Waals surface area contributed by atoms with Gasteiger partial charge in [-0.25, -0.2) is 4.79 Å². The molecule has 0 aliphatic rings. The molecule has 0 saturated carbocycles. The Bertz CT molecular complexity index is 647. The van der Waals surface area contributed by atoms with Gasteiger partial charge >= 0.3 is 5.97 Å². The minimum atomic E-state index is -1.30. The van der Waals surface area contributed by atoms with Crippen molar-refractivity contribution in [3.8, 4) is 5.75 Å². The van der Waals surface area contributed by atoms with Gasteiger partial charge in [0.2, 0.25) is 0 Å². The number of carbonyl (C=O) groups is 1. The van der Waals surface area contributed by atoms with Crippen molar-refractivity contribution < 1.29 is 19.4 Å². The first-order chi connectivity index (χ1) is 11.0. The highest BCUT2D eigenvalue weighted by Crippen LogP contribution is 2.23. The molecule has 0 amide bonds. The zero-order valence-corrected chi connectivity index (χ0v) is 13.7. The van der Waals surface area contributed by atoms with Gasteiger partial charge in [-0.3, -0.25) is 0 Å². The molecule has 1 unspecified atom stereocenters. The maximum Gasteiger partial charge on any atom is 0.339 e. The number of hydrogen-bond acceptors (Lipinski definition) is 4. The number of benzene rings is 2. The molecule has 0 aliphatic carbocycles. The van der Waals surface area contributed by atoms with Crippen LogP contribution in [0, 0.1) is 0 Å². The van der Waals surface area contributed by atoms with Gasteiger partial charge in [-0.05, 0) is 34.7 Å². The summed E-state index contributed by atoms with van der Waals surface area (Å²) in [5.41, 5.74) is 2.50. The first kappa shape index (κ1) is 17.0. The Morgan fingerprint density at radius 3 is 2.35 bits per heavy atom. The molecule has 2 aromatic carbocycles. The number of aliphatic hydroxyl groups is 1. The van der Waals surface area contributed by atoms with Crippen molar-refractivity contribution in [2.75, 3.05) is 7.11 Å². The van der Waals surface area contributed by atoms with Gasteiger partial charge in [-0.2, -0.15) is 0 Å². The largest absolute Gasteiger partial charge is 0.489 e. The number of ether oxygens (including phenoxy) is 2. The van der Waals surface area contributed by atoms with Crippen LogP contribution in [0.15, 0.2) is 48.5 Å². The van der Waals surface area contributed by atoms with Crippen molar-refractivity contribution in [2.24, 2.45) is 0 Å². The molecule has 0 aliphatic heterocycles. The number of esters is 1. The first-order valence-electron chi connectivity index (χ1n) is 7.59. The second-order valence-corrected chi connectivity index (χ2v) is 5.64. The van der Waals surface area contributed by atoms with Gasteiger partial charge in [0.15, 0.2) is 6.10 Å². The predicted molar refractivity (Wildman–Crippen MR) is 88.3 cm³/mol. The molecule has 0 heterocycles. The lowest BCUT2D eigenvalue weighted by Crippen LogP contribution is -2.15. The summed E-state index contributed by atoms with van der Waals surface area (Å²) in [6, 6.07) is 15.1. The molecule has 0 saturated heterocycles. The molecule has 1 atom stereocenters. The second kappa shape index (κ2) is 7.79. The minimum absolute atomic E-state index is 0.269. The zero-order valence-electron chi connectivity index (χ0n) is 13.7. The fourth-order valence-electron chi connectivity index (χ4n) is 2.28. The summed E-state index contributed by atoms with van der Waals surface area (Å²) in [6.45, 7) is 4.55. The third-order valence-corrected chi connectivity index (χ3v) is 3.72. The van der Waals surface area contributed by atoms with E-state index >= 15 is 0 Å². The number of carbonyl (C=O) groups excluding carboxylic acids is 1. The number of hydrogen-bond donors (Lipinski definition) is 1. The van der Waals surface area contributed by atoms with E-state index in [1.165, 1.54) is 12.7 Å². The second-order valence-electron chi connectivity index (χ2n) is 5.64. The van der Waals surface area contributed by atoms with E-state index in [9.17, 15) is 9.90 Å². The molecule has 23 heavy (non-hydrogen) atoms. The van der Waals surface area contributed by atoms with Crippen LogP contribution in [-0.2, 0) is 16.1 Å². The normalized spacial score (nSPS) is 12.0. The summed E-state index contributed by atoms with van der Waals surface area (Å²) in [7, 11) is 1.25. The highest BCUT2D eigenvalue weighted by molar-refractivity contribution is 5.76. The maximum atomic E-state index is 11.5. The van der Waals surface area contributed by atoms with Crippen molar-refractivity contribution in [3.63, 3.8) is 0 Å². The standard InChI is InChI=1S/C19H22O4/c1-13(2)14-8-10-16(11-9-14)23-12-15-6-4-5-7-17(15)18(20)19(21)22-3/h4-11,13,18,20H,12H2,1-3H3. The maximum absolute atomic E-state index is 11.5. The molecular weight excluding hydrogens is 292 g/mol. The van der Waals surface area contributed by atoms with Crippen LogP contribution in [0.1, 0.15) is 42.6 Å². The molecule has 1 N–H and O–H groups in total. The van der Waals surface area contributed by atoms with Gasteiger partial charge in [0.1, 0.15) is 12.4 Å². The van der Waals surface area contributed by atoms with Crippen LogP contribution < -0.4 is 4.74 Å². The Hall–Kier alpha value is -2.33. The van der Waals surface area contributed by atoms with Crippen molar-refractivity contribution in [1.29, 1.82) is 0 Å². The Balaban J connectivity index is 2.10. The Kier molecular flexibility index (Phi) is 5.77. The van der Waals surface area contributed by atoms with E-state index in [0.29, 0.717) is 11.5 Å². The molecule has 4 heteroatoms. The highest BCUT2D eigenvalue weighted by Gasteiger charge is 2.20. The van der Waals surface area contributed by atoms with E-state index in [2.05, 4.69) is 18.6 Å². The predicted octanol–water partition coefficient (Wildman–Crippen LogP) is 3.60. The summed E-state index contributed by atoms with van der Waals surface area (Å²) >= 11 is 0. The number of aliphatic hydroxyl groups excluding tert-OH is 1. The van der Waals surface area contributed by atoms with Crippen LogP contribution in [0.5, 0.6) is 5.75 Å². The molecule has 2 rings (SSSR count). The monoisotopic (exact) mass is 314 g/mol. The van der Waals surface area contributed by atoms with Crippen molar-refractivity contribution in [3.05, 3.63) is 65.2 Å². The first-order valence-corrected chi connectivity index (χ1v) is 7.59. The van der Waals surface area contributed by atoms with Gasteiger partial charge in [-0.15, -0.1) is 0 Å². The van der Waals surface area contributed by atoms with Gasteiger partial charge in [-0.1, -0.05) is 50.2 Å². The Morgan fingerprint density at radius 2 is 1.74 bits per heavy atom. The molecule has 122 valence electrons. The topological polar surface area (TPSA) is 55.8 Å². The van der Waals surface area contributed by atoms with E-state index in [-0.39, 0.29) is 6.61 Å². The molecule has 0 aromatic heterocycles. The fraction of sp³-hybridized carbons (Fsp3) is 0.316. The van der Waals surface area contributed by atoms with E-state index in [0.717, 1.165) is 11.3 Å². The fourth-order valence-corrected chi connectivity index (χ4v) is 2.28. The van der Waals surface area contributed by atoms with Crippen molar-refractivity contribution >= 4 is 5.97 Å². The van der Waals surface area contributed by atoms with Gasteiger partial charge in [0.05, 0.1) is 7.11 Å². The number of methoxy groups -OCH3 is 1. The van der Waals surface area contributed by atoms with Crippen LogP contribution in [0.4, 0.5) is 0 Å². The van der Waals surface area contributed by atoms with Crippen LogP contribution >= 0.6 is 0 Å². The van der Waals surface area contributed by atoms with Gasteiger partial charge in [0.25, 0.3) is 0 Å². The summed E-state index contributed by atoms with van der Waals surface area (Å²) < 4.78 is 10.4.